The lowest BCUT2D eigenvalue weighted by Gasteiger charge is -2.08. The molecule has 0 heterocycles. The molecule has 1 aromatic rings. The second-order valence-electron chi connectivity index (χ2n) is 2.49. The van der Waals surface area contributed by atoms with Crippen LogP contribution >= 0.6 is 0 Å². The lowest BCUT2D eigenvalue weighted by atomic mass is 10.1. The summed E-state index contributed by atoms with van der Waals surface area (Å²) in [5, 5.41) is 0. The maximum atomic E-state index is 3.17. The van der Waals surface area contributed by atoms with Gasteiger partial charge in [0, 0.05) is 0 Å². The average Bonchev–Trinajstić information content (AvgIpc) is 1.80. The van der Waals surface area contributed by atoms with Crippen molar-refractivity contribution in [2.24, 2.45) is 0 Å². The highest BCUT2D eigenvalue weighted by atomic mass is 13.9. The molecule has 48 valence electrons. The molecule has 0 aliphatic carbocycles. The van der Waals surface area contributed by atoms with E-state index in [4.69, 9.17) is 0 Å². The summed E-state index contributed by atoms with van der Waals surface area (Å²) in [5.41, 5.74) is 3.87. The Morgan fingerprint density at radius 2 is 1.89 bits per heavy atom. The van der Waals surface area contributed by atoms with Crippen molar-refractivity contribution in [2.45, 2.75) is 20.8 Å². The first-order valence-electron chi connectivity index (χ1n) is 3.15. The molecule has 0 radical (unpaired) electrons. The molecule has 0 aromatic heterocycles. The first-order chi connectivity index (χ1) is 4.20. The number of aryl methyl sites for hydroxylation is 3. The van der Waals surface area contributed by atoms with Gasteiger partial charge in [-0.25, -0.2) is 0 Å². The highest BCUT2D eigenvalue weighted by Gasteiger charge is 1.78. The molecule has 0 aliphatic heterocycles. The number of benzene rings is 1. The van der Waals surface area contributed by atoms with Crippen molar-refractivity contribution in [1.82, 2.24) is 0 Å². The SMILES string of the molecule is Cc1c[c-]c(C)c(C)c1. The Balaban J connectivity index is 3.17. The van der Waals surface area contributed by atoms with E-state index in [-0.39, 0.29) is 0 Å². The smallest absolute Gasteiger partial charge is 0.0627 e. The van der Waals surface area contributed by atoms with Crippen LogP contribution in [0.25, 0.3) is 0 Å². The zero-order valence-electron chi connectivity index (χ0n) is 6.15. The van der Waals surface area contributed by atoms with Crippen LogP contribution in [0.4, 0.5) is 0 Å². The molecule has 0 saturated carbocycles. The summed E-state index contributed by atoms with van der Waals surface area (Å²) in [6, 6.07) is 7.36. The van der Waals surface area contributed by atoms with Crippen LogP contribution in [-0.4, -0.2) is 0 Å². The van der Waals surface area contributed by atoms with Crippen LogP contribution in [0.5, 0.6) is 0 Å². The van der Waals surface area contributed by atoms with Gasteiger partial charge in [0.1, 0.15) is 0 Å². The fourth-order valence-electron chi connectivity index (χ4n) is 0.827. The highest BCUT2D eigenvalue weighted by molar-refractivity contribution is 5.27. The summed E-state index contributed by atoms with van der Waals surface area (Å²) < 4.78 is 0. The minimum Gasteiger partial charge on any atom is -0.180 e. The van der Waals surface area contributed by atoms with Gasteiger partial charge in [-0.15, -0.1) is 0 Å². The summed E-state index contributed by atoms with van der Waals surface area (Å²) in [7, 11) is 0. The molecule has 0 aliphatic rings. The van der Waals surface area contributed by atoms with Gasteiger partial charge in [-0.1, -0.05) is 20.8 Å². The van der Waals surface area contributed by atoms with Crippen molar-refractivity contribution in [3.63, 3.8) is 0 Å². The van der Waals surface area contributed by atoms with E-state index in [1.54, 1.807) is 0 Å². The molecule has 0 atom stereocenters. The molecule has 0 heteroatoms. The third-order valence-corrected chi connectivity index (χ3v) is 1.55. The molecular formula is C9H11-. The first-order valence-corrected chi connectivity index (χ1v) is 3.15. The standard InChI is InChI=1S/C9H11/c1-7-4-5-8(2)9(3)6-7/h4,6H,1-3H3/q-1. The summed E-state index contributed by atoms with van der Waals surface area (Å²) in [6.07, 6.45) is 0. The lowest BCUT2D eigenvalue weighted by molar-refractivity contribution is 1.29. The van der Waals surface area contributed by atoms with Crippen molar-refractivity contribution >= 4 is 0 Å². The van der Waals surface area contributed by atoms with Gasteiger partial charge in [0.05, 0.1) is 0 Å². The molecule has 0 saturated heterocycles. The Bertz CT molecular complexity index is 211. The number of hydrogen-bond acceptors (Lipinski definition) is 0. The summed E-state index contributed by atoms with van der Waals surface area (Å²) in [5.74, 6) is 0. The van der Waals surface area contributed by atoms with E-state index in [2.05, 4.69) is 32.9 Å². The Labute approximate surface area is 56.5 Å². The van der Waals surface area contributed by atoms with E-state index < -0.39 is 0 Å². The van der Waals surface area contributed by atoms with Crippen molar-refractivity contribution in [2.75, 3.05) is 0 Å². The first kappa shape index (κ1) is 6.34. The van der Waals surface area contributed by atoms with Crippen molar-refractivity contribution in [1.29, 1.82) is 0 Å². The minimum atomic E-state index is 1.25. The van der Waals surface area contributed by atoms with Gasteiger partial charge in [0.25, 0.3) is 0 Å². The van der Waals surface area contributed by atoms with Gasteiger partial charge in [0.2, 0.25) is 0 Å². The van der Waals surface area contributed by atoms with Crippen LogP contribution in [0.1, 0.15) is 16.7 Å². The minimum absolute atomic E-state index is 1.25. The average molecular weight is 119 g/mol. The van der Waals surface area contributed by atoms with Crippen molar-refractivity contribution < 1.29 is 0 Å². The van der Waals surface area contributed by atoms with E-state index >= 15 is 0 Å². The van der Waals surface area contributed by atoms with Crippen LogP contribution in [0.2, 0.25) is 0 Å². The van der Waals surface area contributed by atoms with Gasteiger partial charge < -0.3 is 0 Å². The molecular weight excluding hydrogens is 108 g/mol. The van der Waals surface area contributed by atoms with E-state index in [9.17, 15) is 0 Å². The molecule has 0 amide bonds. The fraction of sp³-hybridized carbons (Fsp3) is 0.333. The highest BCUT2D eigenvalue weighted by Crippen LogP contribution is 2.06. The topological polar surface area (TPSA) is 0 Å². The Hall–Kier alpha value is -0.780. The van der Waals surface area contributed by atoms with Gasteiger partial charge in [-0.2, -0.15) is 34.9 Å². The Kier molecular flexibility index (Phi) is 1.56. The monoisotopic (exact) mass is 119 g/mol. The van der Waals surface area contributed by atoms with E-state index in [1.807, 2.05) is 6.07 Å². The summed E-state index contributed by atoms with van der Waals surface area (Å²) >= 11 is 0. The molecule has 1 aromatic carbocycles. The van der Waals surface area contributed by atoms with Gasteiger partial charge in [-0.3, -0.25) is 0 Å². The number of rotatable bonds is 0. The summed E-state index contributed by atoms with van der Waals surface area (Å²) in [4.78, 5) is 0. The number of hydrogen-bond donors (Lipinski definition) is 0. The lowest BCUT2D eigenvalue weighted by Crippen LogP contribution is -1.80. The Morgan fingerprint density at radius 3 is 2.33 bits per heavy atom. The third-order valence-electron chi connectivity index (χ3n) is 1.55. The Morgan fingerprint density at radius 1 is 1.22 bits per heavy atom. The molecule has 0 fully saturated rings. The maximum Gasteiger partial charge on any atom is -0.0627 e. The third kappa shape index (κ3) is 1.32. The molecule has 9 heavy (non-hydrogen) atoms. The van der Waals surface area contributed by atoms with Crippen molar-refractivity contribution in [3.05, 3.63) is 34.9 Å². The summed E-state index contributed by atoms with van der Waals surface area (Å²) in [6.45, 7) is 6.27. The van der Waals surface area contributed by atoms with E-state index in [1.165, 1.54) is 16.7 Å². The van der Waals surface area contributed by atoms with Gasteiger partial charge in [0.15, 0.2) is 0 Å². The quantitative estimate of drug-likeness (QED) is 0.460. The van der Waals surface area contributed by atoms with Crippen LogP contribution in [-0.2, 0) is 0 Å². The molecule has 0 N–H and O–H groups in total. The largest absolute Gasteiger partial charge is 0.180 e. The van der Waals surface area contributed by atoms with Crippen LogP contribution in [0, 0.1) is 26.8 Å². The van der Waals surface area contributed by atoms with Gasteiger partial charge in [-0.05, 0) is 0 Å². The van der Waals surface area contributed by atoms with Crippen LogP contribution in [0.3, 0.4) is 0 Å². The molecule has 0 nitrogen and oxygen atoms in total. The molecule has 0 spiro atoms. The molecule has 0 unspecified atom stereocenters. The van der Waals surface area contributed by atoms with Gasteiger partial charge >= 0.3 is 0 Å². The molecule has 0 bridgehead atoms. The predicted octanol–water partition coefficient (Wildman–Crippen LogP) is 2.41. The zero-order chi connectivity index (χ0) is 6.85. The van der Waals surface area contributed by atoms with E-state index in [0.717, 1.165) is 0 Å². The second kappa shape index (κ2) is 2.22. The van der Waals surface area contributed by atoms with E-state index in [0.29, 0.717) is 0 Å². The maximum absolute atomic E-state index is 3.17. The van der Waals surface area contributed by atoms with Crippen LogP contribution < -0.4 is 0 Å². The van der Waals surface area contributed by atoms with Crippen molar-refractivity contribution in [3.8, 4) is 0 Å². The fourth-order valence-corrected chi connectivity index (χ4v) is 0.827. The molecule has 1 rings (SSSR count). The van der Waals surface area contributed by atoms with Crippen LogP contribution in [0.15, 0.2) is 12.1 Å². The second-order valence-corrected chi connectivity index (χ2v) is 2.49. The normalized spacial score (nSPS) is 9.67. The zero-order valence-corrected chi connectivity index (χ0v) is 6.15. The predicted molar refractivity (Wildman–Crippen MR) is 39.5 cm³/mol.